The van der Waals surface area contributed by atoms with E-state index in [0.29, 0.717) is 18.1 Å². The van der Waals surface area contributed by atoms with Crippen LogP contribution in [0.4, 0.5) is 0 Å². The molecule has 0 aromatic carbocycles. The molecule has 2 aromatic heterocycles. The van der Waals surface area contributed by atoms with Crippen molar-refractivity contribution in [3.05, 3.63) is 36.9 Å². The minimum absolute atomic E-state index is 0.529. The van der Waals surface area contributed by atoms with Crippen molar-refractivity contribution in [1.29, 1.82) is 0 Å². The van der Waals surface area contributed by atoms with Crippen molar-refractivity contribution >= 4 is 5.96 Å². The normalized spacial score (nSPS) is 11.5. The Morgan fingerprint density at radius 3 is 3.04 bits per heavy atom. The van der Waals surface area contributed by atoms with Gasteiger partial charge in [0.05, 0.1) is 12.8 Å². The summed E-state index contributed by atoms with van der Waals surface area (Å²) in [4.78, 5) is 10.8. The van der Waals surface area contributed by atoms with Gasteiger partial charge < -0.3 is 14.6 Å². The van der Waals surface area contributed by atoms with E-state index in [1.54, 1.807) is 13.3 Å². The highest BCUT2D eigenvalue weighted by molar-refractivity contribution is 5.79. The number of aliphatic imine (C=N–C) groups is 1. The molecule has 2 rings (SSSR count). The Labute approximate surface area is 142 Å². The van der Waals surface area contributed by atoms with Gasteiger partial charge in [0.25, 0.3) is 0 Å². The standard InChI is InChI=1S/C17H26N6O/c1-4-5-6-7-8-11-23(3)17(18-2)19-13-15-20-16(22-21-15)14-10-9-12-24-14/h4,9-10,12H,1,5-8,11,13H2,2-3H3,(H,18,19)(H,20,21,22). The molecule has 0 amide bonds. The number of allylic oxidation sites excluding steroid dienone is 1. The van der Waals surface area contributed by atoms with Crippen LogP contribution in [0.25, 0.3) is 11.6 Å². The second-order valence-electron chi connectivity index (χ2n) is 5.54. The van der Waals surface area contributed by atoms with Crippen molar-refractivity contribution in [1.82, 2.24) is 25.4 Å². The topological polar surface area (TPSA) is 82.3 Å². The first-order chi connectivity index (χ1) is 11.7. The number of rotatable bonds is 9. The van der Waals surface area contributed by atoms with Gasteiger partial charge in [-0.25, -0.2) is 4.98 Å². The number of nitrogens with zero attached hydrogens (tertiary/aromatic N) is 4. The summed E-state index contributed by atoms with van der Waals surface area (Å²) < 4.78 is 5.29. The van der Waals surface area contributed by atoms with E-state index in [2.05, 4.69) is 37.0 Å². The highest BCUT2D eigenvalue weighted by Gasteiger charge is 2.10. The lowest BCUT2D eigenvalue weighted by Gasteiger charge is -2.21. The lowest BCUT2D eigenvalue weighted by Crippen LogP contribution is -2.39. The minimum atomic E-state index is 0.529. The summed E-state index contributed by atoms with van der Waals surface area (Å²) in [5.41, 5.74) is 0. The Bertz CT molecular complexity index is 631. The molecule has 0 aliphatic carbocycles. The predicted octanol–water partition coefficient (Wildman–Crippen LogP) is 2.82. The number of furan rings is 1. The van der Waals surface area contributed by atoms with Crippen molar-refractivity contribution in [2.75, 3.05) is 20.6 Å². The molecular formula is C17H26N6O. The van der Waals surface area contributed by atoms with Crippen LogP contribution in [-0.2, 0) is 6.54 Å². The number of unbranched alkanes of at least 4 members (excludes halogenated alkanes) is 3. The first-order valence-corrected chi connectivity index (χ1v) is 8.22. The Kier molecular flexibility index (Phi) is 7.07. The van der Waals surface area contributed by atoms with Crippen LogP contribution < -0.4 is 5.32 Å². The van der Waals surface area contributed by atoms with Gasteiger partial charge in [-0.1, -0.05) is 12.5 Å². The van der Waals surface area contributed by atoms with Crippen molar-refractivity contribution < 1.29 is 4.42 Å². The van der Waals surface area contributed by atoms with Crippen LogP contribution in [0.2, 0.25) is 0 Å². The first-order valence-electron chi connectivity index (χ1n) is 8.22. The molecule has 0 bridgehead atoms. The van der Waals surface area contributed by atoms with E-state index in [-0.39, 0.29) is 0 Å². The lowest BCUT2D eigenvalue weighted by atomic mass is 10.2. The van der Waals surface area contributed by atoms with Gasteiger partial charge in [-0.05, 0) is 31.4 Å². The minimum Gasteiger partial charge on any atom is -0.461 e. The van der Waals surface area contributed by atoms with Crippen molar-refractivity contribution in [3.8, 4) is 11.6 Å². The summed E-state index contributed by atoms with van der Waals surface area (Å²) >= 11 is 0. The molecule has 0 aliphatic heterocycles. The molecule has 130 valence electrons. The zero-order valence-electron chi connectivity index (χ0n) is 14.5. The Balaban J connectivity index is 1.77. The van der Waals surface area contributed by atoms with Gasteiger partial charge in [0.1, 0.15) is 5.82 Å². The third-order valence-corrected chi connectivity index (χ3v) is 3.66. The van der Waals surface area contributed by atoms with Gasteiger partial charge in [-0.2, -0.15) is 0 Å². The fourth-order valence-corrected chi connectivity index (χ4v) is 2.36. The molecule has 7 nitrogen and oxygen atoms in total. The van der Waals surface area contributed by atoms with Crippen LogP contribution in [0, 0.1) is 0 Å². The highest BCUT2D eigenvalue weighted by Crippen LogP contribution is 2.14. The van der Waals surface area contributed by atoms with Gasteiger partial charge in [0.2, 0.25) is 5.82 Å². The molecule has 0 spiro atoms. The Morgan fingerprint density at radius 1 is 1.46 bits per heavy atom. The van der Waals surface area contributed by atoms with Crippen LogP contribution >= 0.6 is 0 Å². The summed E-state index contributed by atoms with van der Waals surface area (Å²) in [5.74, 6) is 2.79. The van der Waals surface area contributed by atoms with Gasteiger partial charge in [0.15, 0.2) is 11.7 Å². The van der Waals surface area contributed by atoms with Crippen molar-refractivity contribution in [3.63, 3.8) is 0 Å². The van der Waals surface area contributed by atoms with Crippen molar-refractivity contribution in [2.45, 2.75) is 32.2 Å². The van der Waals surface area contributed by atoms with E-state index in [9.17, 15) is 0 Å². The fourth-order valence-electron chi connectivity index (χ4n) is 2.36. The summed E-state index contributed by atoms with van der Waals surface area (Å²) in [6.07, 6.45) is 8.18. The highest BCUT2D eigenvalue weighted by atomic mass is 16.3. The van der Waals surface area contributed by atoms with E-state index < -0.39 is 0 Å². The maximum absolute atomic E-state index is 5.29. The maximum atomic E-state index is 5.29. The quantitative estimate of drug-likeness (QED) is 0.320. The molecular weight excluding hydrogens is 304 g/mol. The third-order valence-electron chi connectivity index (χ3n) is 3.66. The van der Waals surface area contributed by atoms with E-state index in [1.165, 1.54) is 12.8 Å². The van der Waals surface area contributed by atoms with Crippen LogP contribution in [0.5, 0.6) is 0 Å². The number of hydrogen-bond acceptors (Lipinski definition) is 4. The van der Waals surface area contributed by atoms with Crippen LogP contribution in [0.3, 0.4) is 0 Å². The maximum Gasteiger partial charge on any atom is 0.216 e. The molecule has 0 radical (unpaired) electrons. The number of guanidine groups is 1. The average Bonchev–Trinajstić information content (AvgIpc) is 3.26. The summed E-state index contributed by atoms with van der Waals surface area (Å²) in [7, 11) is 3.82. The van der Waals surface area contributed by atoms with E-state index >= 15 is 0 Å². The molecule has 2 heterocycles. The number of aromatic amines is 1. The Hall–Kier alpha value is -2.57. The second-order valence-corrected chi connectivity index (χ2v) is 5.54. The van der Waals surface area contributed by atoms with Crippen LogP contribution in [0.15, 0.2) is 40.5 Å². The smallest absolute Gasteiger partial charge is 0.216 e. The van der Waals surface area contributed by atoms with E-state index in [0.717, 1.165) is 31.2 Å². The monoisotopic (exact) mass is 330 g/mol. The third kappa shape index (κ3) is 5.26. The van der Waals surface area contributed by atoms with E-state index in [1.807, 2.05) is 25.3 Å². The number of nitrogens with one attached hydrogen (secondary N) is 2. The molecule has 7 heteroatoms. The molecule has 0 fully saturated rings. The molecule has 0 unspecified atom stereocenters. The predicted molar refractivity (Wildman–Crippen MR) is 95.6 cm³/mol. The summed E-state index contributed by atoms with van der Waals surface area (Å²) in [6, 6.07) is 3.65. The molecule has 24 heavy (non-hydrogen) atoms. The zero-order chi connectivity index (χ0) is 17.2. The average molecular weight is 330 g/mol. The summed E-state index contributed by atoms with van der Waals surface area (Å²) in [5, 5.41) is 10.4. The molecule has 0 aliphatic rings. The number of aromatic nitrogens is 3. The largest absolute Gasteiger partial charge is 0.461 e. The van der Waals surface area contributed by atoms with Gasteiger partial charge >= 0.3 is 0 Å². The number of hydrogen-bond donors (Lipinski definition) is 2. The van der Waals surface area contributed by atoms with Crippen molar-refractivity contribution in [2.24, 2.45) is 4.99 Å². The van der Waals surface area contributed by atoms with E-state index in [4.69, 9.17) is 4.42 Å². The number of H-pyrrole nitrogens is 1. The summed E-state index contributed by atoms with van der Waals surface area (Å²) in [6.45, 7) is 5.24. The Morgan fingerprint density at radius 2 is 2.33 bits per heavy atom. The van der Waals surface area contributed by atoms with Gasteiger partial charge in [-0.3, -0.25) is 10.1 Å². The molecule has 0 atom stereocenters. The van der Waals surface area contributed by atoms with Crippen LogP contribution in [0.1, 0.15) is 31.5 Å². The molecule has 0 saturated carbocycles. The lowest BCUT2D eigenvalue weighted by molar-refractivity contribution is 0.454. The first kappa shape index (κ1) is 17.8. The SMILES string of the molecule is C=CCCCCCN(C)C(=NC)NCc1nc(-c2ccco2)n[nH]1. The second kappa shape index (κ2) is 9.54. The molecule has 0 saturated heterocycles. The zero-order valence-corrected chi connectivity index (χ0v) is 14.5. The van der Waals surface area contributed by atoms with Gasteiger partial charge in [-0.15, -0.1) is 11.7 Å². The van der Waals surface area contributed by atoms with Gasteiger partial charge in [0, 0.05) is 20.6 Å². The fraction of sp³-hybridized carbons (Fsp3) is 0.471. The molecule has 2 aromatic rings. The molecule has 2 N–H and O–H groups in total. The van der Waals surface area contributed by atoms with Crippen LogP contribution in [-0.4, -0.2) is 46.7 Å².